The molecule has 1 N–H and O–H groups in total. The Labute approximate surface area is 159 Å². The number of hydrogen-bond acceptors (Lipinski definition) is 3. The van der Waals surface area contributed by atoms with Crippen LogP contribution in [0.2, 0.25) is 5.02 Å². The summed E-state index contributed by atoms with van der Waals surface area (Å²) in [7, 11) is -3.34. The van der Waals surface area contributed by atoms with Gasteiger partial charge in [-0.15, -0.1) is 0 Å². The molecule has 1 aliphatic heterocycles. The molecule has 2 atom stereocenters. The molecule has 0 aliphatic carbocycles. The second-order valence-corrected chi connectivity index (χ2v) is 9.00. The molecular weight excluding hydrogens is 372 g/mol. The van der Waals surface area contributed by atoms with Gasteiger partial charge in [-0.05, 0) is 61.7 Å². The highest BCUT2D eigenvalue weighted by Gasteiger charge is 2.32. The third-order valence-electron chi connectivity index (χ3n) is 4.55. The van der Waals surface area contributed by atoms with E-state index in [9.17, 15) is 13.2 Å². The molecule has 2 aromatic carbocycles. The van der Waals surface area contributed by atoms with Crippen molar-refractivity contribution >= 4 is 33.2 Å². The Morgan fingerprint density at radius 3 is 2.65 bits per heavy atom. The summed E-state index contributed by atoms with van der Waals surface area (Å²) in [6, 6.07) is 12.2. The first-order valence-electron chi connectivity index (χ1n) is 8.35. The van der Waals surface area contributed by atoms with Gasteiger partial charge < -0.3 is 5.32 Å². The lowest BCUT2D eigenvalue weighted by Gasteiger charge is -2.22. The van der Waals surface area contributed by atoms with Gasteiger partial charge in [-0.1, -0.05) is 23.7 Å². The molecule has 0 spiro atoms. The molecular formula is C19H21ClN2O3S. The maximum absolute atomic E-state index is 12.6. The molecule has 138 valence electrons. The van der Waals surface area contributed by atoms with Gasteiger partial charge in [-0.3, -0.25) is 9.10 Å². The standard InChI is InChI=1S/C19H21ClN2O3S/c1-12-9-16-10-15(7-8-18(16)22(12)26(3,24)25)19(23)21-13(2)14-5-4-6-17(20)11-14/h4-8,10-13H,9H2,1-3H3,(H,21,23). The van der Waals surface area contributed by atoms with Crippen LogP contribution in [0, 0.1) is 0 Å². The van der Waals surface area contributed by atoms with Crippen LogP contribution in [0.5, 0.6) is 0 Å². The molecule has 0 bridgehead atoms. The molecule has 2 aromatic rings. The number of nitrogens with one attached hydrogen (secondary N) is 1. The molecule has 26 heavy (non-hydrogen) atoms. The zero-order chi connectivity index (χ0) is 19.1. The number of nitrogens with zero attached hydrogens (tertiary/aromatic N) is 1. The second-order valence-electron chi connectivity index (χ2n) is 6.71. The number of halogens is 1. The Hall–Kier alpha value is -2.05. The first-order chi connectivity index (χ1) is 12.2. The summed E-state index contributed by atoms with van der Waals surface area (Å²) < 4.78 is 25.4. The summed E-state index contributed by atoms with van der Waals surface area (Å²) in [5.74, 6) is -0.203. The lowest BCUT2D eigenvalue weighted by molar-refractivity contribution is 0.0940. The van der Waals surface area contributed by atoms with Crippen LogP contribution in [0.3, 0.4) is 0 Å². The van der Waals surface area contributed by atoms with Crippen molar-refractivity contribution in [2.75, 3.05) is 10.6 Å². The Morgan fingerprint density at radius 1 is 1.27 bits per heavy atom. The Balaban J connectivity index is 1.81. The predicted octanol–water partition coefficient (Wildman–Crippen LogP) is 3.54. The van der Waals surface area contributed by atoms with E-state index < -0.39 is 10.0 Å². The van der Waals surface area contributed by atoms with Crippen molar-refractivity contribution in [3.05, 3.63) is 64.2 Å². The van der Waals surface area contributed by atoms with Gasteiger partial charge in [0.2, 0.25) is 10.0 Å². The summed E-state index contributed by atoms with van der Waals surface area (Å²) in [5.41, 5.74) is 2.95. The summed E-state index contributed by atoms with van der Waals surface area (Å²) in [6.45, 7) is 3.76. The van der Waals surface area contributed by atoms with E-state index in [4.69, 9.17) is 11.6 Å². The Morgan fingerprint density at radius 2 is 2.00 bits per heavy atom. The largest absolute Gasteiger partial charge is 0.346 e. The van der Waals surface area contributed by atoms with Crippen molar-refractivity contribution in [2.45, 2.75) is 32.4 Å². The maximum Gasteiger partial charge on any atom is 0.251 e. The normalized spacial score (nSPS) is 17.7. The van der Waals surface area contributed by atoms with Crippen LogP contribution in [0.25, 0.3) is 0 Å². The fraction of sp³-hybridized carbons (Fsp3) is 0.316. The van der Waals surface area contributed by atoms with Crippen LogP contribution >= 0.6 is 11.6 Å². The number of amides is 1. The topological polar surface area (TPSA) is 66.5 Å². The Kier molecular flexibility index (Phi) is 4.99. The summed E-state index contributed by atoms with van der Waals surface area (Å²) in [5, 5.41) is 3.58. The maximum atomic E-state index is 12.6. The number of carbonyl (C=O) groups excluding carboxylic acids is 1. The van der Waals surface area contributed by atoms with E-state index >= 15 is 0 Å². The van der Waals surface area contributed by atoms with E-state index in [2.05, 4.69) is 5.32 Å². The number of carbonyl (C=O) groups is 1. The lowest BCUT2D eigenvalue weighted by Crippen LogP contribution is -2.34. The number of fused-ring (bicyclic) bond motifs is 1. The Bertz CT molecular complexity index is 959. The molecule has 5 nitrogen and oxygen atoms in total. The smallest absolute Gasteiger partial charge is 0.251 e. The molecule has 0 aromatic heterocycles. The fourth-order valence-electron chi connectivity index (χ4n) is 3.39. The minimum absolute atomic E-state index is 0.149. The van der Waals surface area contributed by atoms with E-state index in [1.807, 2.05) is 32.0 Å². The number of hydrogen-bond donors (Lipinski definition) is 1. The number of sulfonamides is 1. The number of benzene rings is 2. The van der Waals surface area contributed by atoms with Crippen molar-refractivity contribution in [1.29, 1.82) is 0 Å². The zero-order valence-corrected chi connectivity index (χ0v) is 16.4. The van der Waals surface area contributed by atoms with Crippen LogP contribution in [0.1, 0.15) is 41.4 Å². The van der Waals surface area contributed by atoms with Gasteiger partial charge in [-0.25, -0.2) is 8.42 Å². The quantitative estimate of drug-likeness (QED) is 0.865. The minimum Gasteiger partial charge on any atom is -0.346 e. The van der Waals surface area contributed by atoms with Crippen molar-refractivity contribution in [1.82, 2.24) is 5.32 Å². The third-order valence-corrected chi connectivity index (χ3v) is 6.05. The van der Waals surface area contributed by atoms with E-state index in [0.717, 1.165) is 11.1 Å². The first-order valence-corrected chi connectivity index (χ1v) is 10.6. The number of anilines is 1. The second kappa shape index (κ2) is 6.93. The third kappa shape index (κ3) is 3.71. The van der Waals surface area contributed by atoms with E-state index in [0.29, 0.717) is 22.7 Å². The highest BCUT2D eigenvalue weighted by atomic mass is 35.5. The first kappa shape index (κ1) is 18.7. The van der Waals surface area contributed by atoms with E-state index in [1.54, 1.807) is 24.3 Å². The number of rotatable bonds is 4. The highest BCUT2D eigenvalue weighted by molar-refractivity contribution is 7.92. The molecule has 2 unspecified atom stereocenters. The highest BCUT2D eigenvalue weighted by Crippen LogP contribution is 2.34. The van der Waals surface area contributed by atoms with Crippen LogP contribution in [0.15, 0.2) is 42.5 Å². The monoisotopic (exact) mass is 392 g/mol. The van der Waals surface area contributed by atoms with E-state index in [1.165, 1.54) is 10.6 Å². The van der Waals surface area contributed by atoms with E-state index in [-0.39, 0.29) is 18.0 Å². The van der Waals surface area contributed by atoms with Gasteiger partial charge >= 0.3 is 0 Å². The average molecular weight is 393 g/mol. The summed E-state index contributed by atoms with van der Waals surface area (Å²) in [6.07, 6.45) is 1.79. The summed E-state index contributed by atoms with van der Waals surface area (Å²) >= 11 is 6.00. The van der Waals surface area contributed by atoms with Gasteiger partial charge in [0, 0.05) is 16.6 Å². The molecule has 3 rings (SSSR count). The van der Waals surface area contributed by atoms with Gasteiger partial charge in [0.05, 0.1) is 18.0 Å². The van der Waals surface area contributed by atoms with Gasteiger partial charge in [0.15, 0.2) is 0 Å². The van der Waals surface area contributed by atoms with Crippen molar-refractivity contribution in [3.8, 4) is 0 Å². The fourth-order valence-corrected chi connectivity index (χ4v) is 4.85. The van der Waals surface area contributed by atoms with Crippen LogP contribution in [-0.4, -0.2) is 26.6 Å². The minimum atomic E-state index is -3.34. The predicted molar refractivity (Wildman–Crippen MR) is 104 cm³/mol. The van der Waals surface area contributed by atoms with Crippen molar-refractivity contribution < 1.29 is 13.2 Å². The van der Waals surface area contributed by atoms with Gasteiger partial charge in [-0.2, -0.15) is 0 Å². The SMILES string of the molecule is CC(NC(=O)c1ccc2c(c1)CC(C)N2S(C)(=O)=O)c1cccc(Cl)c1. The summed E-state index contributed by atoms with van der Waals surface area (Å²) in [4.78, 5) is 12.6. The van der Waals surface area contributed by atoms with Crippen molar-refractivity contribution in [2.24, 2.45) is 0 Å². The average Bonchev–Trinajstić information content (AvgIpc) is 2.89. The molecule has 7 heteroatoms. The van der Waals surface area contributed by atoms with Crippen molar-refractivity contribution in [3.63, 3.8) is 0 Å². The van der Waals surface area contributed by atoms with Crippen LogP contribution in [-0.2, 0) is 16.4 Å². The lowest BCUT2D eigenvalue weighted by atomic mass is 10.0. The molecule has 1 amide bonds. The van der Waals surface area contributed by atoms with Crippen LogP contribution < -0.4 is 9.62 Å². The molecule has 1 heterocycles. The van der Waals surface area contributed by atoms with Gasteiger partial charge in [0.25, 0.3) is 5.91 Å². The molecule has 0 fully saturated rings. The molecule has 0 saturated carbocycles. The molecule has 0 saturated heterocycles. The van der Waals surface area contributed by atoms with Crippen LogP contribution in [0.4, 0.5) is 5.69 Å². The molecule has 0 radical (unpaired) electrons. The molecule has 1 aliphatic rings. The zero-order valence-electron chi connectivity index (χ0n) is 14.9. The van der Waals surface area contributed by atoms with Gasteiger partial charge in [0.1, 0.15) is 0 Å².